The summed E-state index contributed by atoms with van der Waals surface area (Å²) in [6.07, 6.45) is 0.355. The highest BCUT2D eigenvalue weighted by atomic mass is 32.2. The molecule has 0 spiro atoms. The second kappa shape index (κ2) is 6.90. The molecule has 0 aliphatic heterocycles. The quantitative estimate of drug-likeness (QED) is 0.855. The number of aryl methyl sites for hydroxylation is 1. The molecule has 2 aromatic rings. The summed E-state index contributed by atoms with van der Waals surface area (Å²) in [7, 11) is -2.04. The molecule has 1 heterocycles. The van der Waals surface area contributed by atoms with Gasteiger partial charge in [0.05, 0.1) is 12.0 Å². The Kier molecular flexibility index (Phi) is 5.29. The van der Waals surface area contributed by atoms with Crippen LogP contribution in [0.2, 0.25) is 0 Å². The number of hydrogen-bond donors (Lipinski definition) is 1. The molecule has 0 saturated carbocycles. The van der Waals surface area contributed by atoms with Gasteiger partial charge in [0.15, 0.2) is 5.82 Å². The maximum absolute atomic E-state index is 12.3. The van der Waals surface area contributed by atoms with Crippen LogP contribution in [0.25, 0.3) is 0 Å². The van der Waals surface area contributed by atoms with Crippen LogP contribution in [0.3, 0.4) is 0 Å². The molecule has 0 aliphatic rings. The average molecular weight is 353 g/mol. The second-order valence-electron chi connectivity index (χ2n) is 6.54. The number of hydrogen-bond acceptors (Lipinski definition) is 6. The molecule has 2 rings (SSSR count). The molecule has 0 saturated heterocycles. The number of methoxy groups -OCH3 is 1. The number of benzene rings is 1. The van der Waals surface area contributed by atoms with E-state index in [1.54, 1.807) is 26.2 Å². The molecule has 7 nitrogen and oxygen atoms in total. The molecule has 0 aliphatic carbocycles. The van der Waals surface area contributed by atoms with Crippen LogP contribution in [0.1, 0.15) is 38.0 Å². The predicted octanol–water partition coefficient (Wildman–Crippen LogP) is 2.21. The first-order valence-corrected chi connectivity index (χ1v) is 9.09. The molecule has 0 amide bonds. The lowest BCUT2D eigenvalue weighted by Gasteiger charge is -2.10. The number of ether oxygens (including phenoxy) is 1. The Morgan fingerprint density at radius 1 is 1.29 bits per heavy atom. The molecule has 1 aromatic carbocycles. The highest BCUT2D eigenvalue weighted by Gasteiger charge is 2.22. The largest absolute Gasteiger partial charge is 0.496 e. The first-order chi connectivity index (χ1) is 11.1. The lowest BCUT2D eigenvalue weighted by Crippen LogP contribution is -2.26. The zero-order valence-electron chi connectivity index (χ0n) is 14.6. The number of nitrogens with zero attached hydrogens (tertiary/aromatic N) is 2. The Balaban J connectivity index is 2.00. The van der Waals surface area contributed by atoms with Gasteiger partial charge in [-0.05, 0) is 30.7 Å². The number of sulfonamides is 1. The van der Waals surface area contributed by atoms with Crippen LogP contribution in [0, 0.1) is 6.92 Å². The zero-order valence-corrected chi connectivity index (χ0v) is 15.4. The fraction of sp³-hybridized carbons (Fsp3) is 0.500. The number of rotatable bonds is 6. The van der Waals surface area contributed by atoms with E-state index in [1.807, 2.05) is 20.8 Å². The SMILES string of the molecule is COc1ccc(S(=O)(=O)NCCc2noc(C(C)(C)C)n2)cc1C. The van der Waals surface area contributed by atoms with Crippen molar-refractivity contribution in [3.05, 3.63) is 35.5 Å². The summed E-state index contributed by atoms with van der Waals surface area (Å²) in [5.41, 5.74) is 0.527. The van der Waals surface area contributed by atoms with Gasteiger partial charge in [-0.3, -0.25) is 0 Å². The Hall–Kier alpha value is -1.93. The second-order valence-corrected chi connectivity index (χ2v) is 8.31. The molecule has 0 radical (unpaired) electrons. The van der Waals surface area contributed by atoms with Crippen LogP contribution in [-0.2, 0) is 21.9 Å². The smallest absolute Gasteiger partial charge is 0.240 e. The van der Waals surface area contributed by atoms with Crippen molar-refractivity contribution in [2.24, 2.45) is 0 Å². The van der Waals surface area contributed by atoms with Gasteiger partial charge in [-0.2, -0.15) is 4.98 Å². The van der Waals surface area contributed by atoms with Crippen molar-refractivity contribution in [1.29, 1.82) is 0 Å². The molecule has 1 aromatic heterocycles. The van der Waals surface area contributed by atoms with E-state index in [-0.39, 0.29) is 16.9 Å². The summed E-state index contributed by atoms with van der Waals surface area (Å²) < 4.78 is 37.5. The molecule has 24 heavy (non-hydrogen) atoms. The van der Waals surface area contributed by atoms with Gasteiger partial charge in [-0.1, -0.05) is 25.9 Å². The van der Waals surface area contributed by atoms with Crippen molar-refractivity contribution >= 4 is 10.0 Å². The summed E-state index contributed by atoms with van der Waals surface area (Å²) in [4.78, 5) is 4.48. The molecule has 8 heteroatoms. The van der Waals surface area contributed by atoms with E-state index in [4.69, 9.17) is 9.26 Å². The van der Waals surface area contributed by atoms with E-state index in [0.29, 0.717) is 23.9 Å². The van der Waals surface area contributed by atoms with E-state index in [1.165, 1.54) is 6.07 Å². The van der Waals surface area contributed by atoms with Gasteiger partial charge in [0.2, 0.25) is 15.9 Å². The van der Waals surface area contributed by atoms with Gasteiger partial charge in [-0.25, -0.2) is 13.1 Å². The van der Waals surface area contributed by atoms with Crippen molar-refractivity contribution in [2.45, 2.75) is 44.4 Å². The topological polar surface area (TPSA) is 94.3 Å². The van der Waals surface area contributed by atoms with Gasteiger partial charge in [0.1, 0.15) is 5.75 Å². The van der Waals surface area contributed by atoms with Crippen LogP contribution >= 0.6 is 0 Å². The van der Waals surface area contributed by atoms with E-state index in [9.17, 15) is 8.42 Å². The highest BCUT2D eigenvalue weighted by Crippen LogP contribution is 2.21. The van der Waals surface area contributed by atoms with Crippen molar-refractivity contribution in [2.75, 3.05) is 13.7 Å². The summed E-state index contributed by atoms with van der Waals surface area (Å²) in [5.74, 6) is 1.66. The van der Waals surface area contributed by atoms with Crippen LogP contribution in [0.4, 0.5) is 0 Å². The Labute approximate surface area is 142 Å². The fourth-order valence-electron chi connectivity index (χ4n) is 2.06. The Bertz CT molecular complexity index is 807. The van der Waals surface area contributed by atoms with Gasteiger partial charge in [-0.15, -0.1) is 0 Å². The van der Waals surface area contributed by atoms with Gasteiger partial charge >= 0.3 is 0 Å². The minimum atomic E-state index is -3.59. The minimum Gasteiger partial charge on any atom is -0.496 e. The van der Waals surface area contributed by atoms with Gasteiger partial charge in [0, 0.05) is 18.4 Å². The highest BCUT2D eigenvalue weighted by molar-refractivity contribution is 7.89. The standard InChI is InChI=1S/C16H23N3O4S/c1-11-10-12(6-7-13(11)22-5)24(20,21)17-9-8-14-18-15(23-19-14)16(2,3)4/h6-7,10,17H,8-9H2,1-5H3. The van der Waals surface area contributed by atoms with E-state index in [0.717, 1.165) is 5.56 Å². The van der Waals surface area contributed by atoms with Crippen molar-refractivity contribution in [3.63, 3.8) is 0 Å². The number of aromatic nitrogens is 2. The maximum Gasteiger partial charge on any atom is 0.240 e. The molecule has 0 fully saturated rings. The Morgan fingerprint density at radius 3 is 2.54 bits per heavy atom. The molecule has 0 unspecified atom stereocenters. The Morgan fingerprint density at radius 2 is 2.00 bits per heavy atom. The zero-order chi connectivity index (χ0) is 18.0. The minimum absolute atomic E-state index is 0.191. The third-order valence-corrected chi connectivity index (χ3v) is 4.89. The predicted molar refractivity (Wildman–Crippen MR) is 89.6 cm³/mol. The molecule has 0 atom stereocenters. The third-order valence-electron chi connectivity index (χ3n) is 3.43. The lowest BCUT2D eigenvalue weighted by molar-refractivity contribution is 0.318. The monoisotopic (exact) mass is 353 g/mol. The first kappa shape index (κ1) is 18.4. The maximum atomic E-state index is 12.3. The fourth-order valence-corrected chi connectivity index (χ4v) is 3.18. The molecular weight excluding hydrogens is 330 g/mol. The summed E-state index contributed by atoms with van der Waals surface area (Å²) in [6, 6.07) is 4.73. The molecule has 0 bridgehead atoms. The van der Waals surface area contributed by atoms with Crippen LogP contribution < -0.4 is 9.46 Å². The van der Waals surface area contributed by atoms with Crippen molar-refractivity contribution in [3.8, 4) is 5.75 Å². The summed E-state index contributed by atoms with van der Waals surface area (Å²) in [5, 5.41) is 3.87. The van der Waals surface area contributed by atoms with E-state index < -0.39 is 10.0 Å². The van der Waals surface area contributed by atoms with Crippen molar-refractivity contribution < 1.29 is 17.7 Å². The molecule has 132 valence electrons. The van der Waals surface area contributed by atoms with E-state index >= 15 is 0 Å². The lowest BCUT2D eigenvalue weighted by atomic mass is 9.97. The first-order valence-electron chi connectivity index (χ1n) is 7.61. The average Bonchev–Trinajstić information content (AvgIpc) is 2.96. The third kappa shape index (κ3) is 4.33. The molecular formula is C16H23N3O4S. The normalized spacial score (nSPS) is 12.4. The van der Waals surface area contributed by atoms with Gasteiger partial charge in [0.25, 0.3) is 0 Å². The van der Waals surface area contributed by atoms with Gasteiger partial charge < -0.3 is 9.26 Å². The summed E-state index contributed by atoms with van der Waals surface area (Å²) >= 11 is 0. The van der Waals surface area contributed by atoms with E-state index in [2.05, 4.69) is 14.9 Å². The van der Waals surface area contributed by atoms with Crippen LogP contribution in [-0.4, -0.2) is 32.2 Å². The van der Waals surface area contributed by atoms with Crippen molar-refractivity contribution in [1.82, 2.24) is 14.9 Å². The number of nitrogens with one attached hydrogen (secondary N) is 1. The van der Waals surface area contributed by atoms with Crippen LogP contribution in [0.15, 0.2) is 27.6 Å². The summed E-state index contributed by atoms with van der Waals surface area (Å²) in [6.45, 7) is 7.90. The molecule has 1 N–H and O–H groups in total. The van der Waals surface area contributed by atoms with Crippen LogP contribution in [0.5, 0.6) is 5.75 Å².